The molecule has 2 N–H and O–H groups in total. The highest BCUT2D eigenvalue weighted by atomic mass is 16.1. The second kappa shape index (κ2) is 9.62. The number of aromatic nitrogens is 4. The van der Waals surface area contributed by atoms with Crippen molar-refractivity contribution in [3.8, 4) is 0 Å². The van der Waals surface area contributed by atoms with Gasteiger partial charge in [-0.2, -0.15) is 0 Å². The highest BCUT2D eigenvalue weighted by molar-refractivity contribution is 5.86. The first-order valence-corrected chi connectivity index (χ1v) is 13.3. The van der Waals surface area contributed by atoms with E-state index in [2.05, 4.69) is 82.4 Å². The Kier molecular flexibility index (Phi) is 6.49. The maximum atomic E-state index is 11.3. The third-order valence-electron chi connectivity index (χ3n) is 8.27. The van der Waals surface area contributed by atoms with Gasteiger partial charge in [-0.25, -0.2) is 4.98 Å². The van der Waals surface area contributed by atoms with E-state index in [1.54, 1.807) is 0 Å². The minimum absolute atomic E-state index is 0.177. The van der Waals surface area contributed by atoms with Crippen molar-refractivity contribution in [2.75, 3.05) is 0 Å². The van der Waals surface area contributed by atoms with Crippen LogP contribution in [0.5, 0.6) is 0 Å². The van der Waals surface area contributed by atoms with Crippen molar-refractivity contribution < 1.29 is 4.79 Å². The summed E-state index contributed by atoms with van der Waals surface area (Å²) in [5, 5.41) is 0. The molecular formula is C32H36N4O. The fraction of sp³-hybridized carbons (Fsp3) is 0.344. The molecule has 3 aromatic rings. The van der Waals surface area contributed by atoms with E-state index in [4.69, 9.17) is 9.97 Å². The molecule has 37 heavy (non-hydrogen) atoms. The molecule has 0 unspecified atom stereocenters. The van der Waals surface area contributed by atoms with Crippen LogP contribution in [0.1, 0.15) is 96.0 Å². The largest absolute Gasteiger partial charge is 0.355 e. The topological polar surface area (TPSA) is 74.4 Å². The monoisotopic (exact) mass is 492 g/mol. The lowest BCUT2D eigenvalue weighted by molar-refractivity contribution is -0.108. The van der Waals surface area contributed by atoms with Crippen molar-refractivity contribution in [1.29, 1.82) is 0 Å². The lowest BCUT2D eigenvalue weighted by Crippen LogP contribution is -2.04. The summed E-state index contributed by atoms with van der Waals surface area (Å²) in [4.78, 5) is 28.8. The molecule has 0 spiro atoms. The fourth-order valence-corrected chi connectivity index (χ4v) is 5.93. The molecule has 0 saturated carbocycles. The van der Waals surface area contributed by atoms with Crippen LogP contribution in [0.4, 0.5) is 0 Å². The standard InChI is InChI=1S/C32H36N4O/c1-8-22-19(5)28-16-31-23(9-2)18(4)27(34-31)15-29-20(6)24(11-10-12-37)32(36-29)21(7)26-13-17(3)25(33-26)14-30(22)35-28/h9,12-16,20,24,34-35H,2,8,10-11H2,1,3-7H3/t20-,24-/m0/s1. The molecule has 2 atom stereocenters. The number of H-pyrrole nitrogens is 2. The molecule has 0 aliphatic carbocycles. The third kappa shape index (κ3) is 4.16. The molecule has 0 fully saturated rings. The number of nitrogens with zero attached hydrogens (tertiary/aromatic N) is 2. The first kappa shape index (κ1) is 24.9. The van der Waals surface area contributed by atoms with Crippen LogP contribution in [0, 0.1) is 20.8 Å². The smallest absolute Gasteiger partial charge is 0.120 e. The Morgan fingerprint density at radius 3 is 2.38 bits per heavy atom. The Balaban J connectivity index is 1.95. The molecule has 2 aliphatic rings. The van der Waals surface area contributed by atoms with E-state index in [1.807, 2.05) is 6.08 Å². The molecule has 0 saturated heterocycles. The summed E-state index contributed by atoms with van der Waals surface area (Å²) < 4.78 is 0. The van der Waals surface area contributed by atoms with Crippen LogP contribution < -0.4 is 0 Å². The molecule has 0 radical (unpaired) electrons. The summed E-state index contributed by atoms with van der Waals surface area (Å²) in [5.41, 5.74) is 15.3. The van der Waals surface area contributed by atoms with Crippen LogP contribution in [0.3, 0.4) is 0 Å². The Bertz CT molecular complexity index is 1620. The zero-order valence-corrected chi connectivity index (χ0v) is 22.7. The Hall–Kier alpha value is -3.73. The summed E-state index contributed by atoms with van der Waals surface area (Å²) in [7, 11) is 0. The van der Waals surface area contributed by atoms with Gasteiger partial charge >= 0.3 is 0 Å². The average Bonchev–Trinajstić information content (AvgIpc) is 3.57. The number of fused-ring (bicyclic) bond motifs is 8. The molecular weight excluding hydrogens is 456 g/mol. The number of hydrogen-bond acceptors (Lipinski definition) is 3. The molecule has 190 valence electrons. The van der Waals surface area contributed by atoms with E-state index < -0.39 is 0 Å². The number of carbonyl (C=O) groups excluding carboxylic acids is 1. The second-order valence-electron chi connectivity index (χ2n) is 10.4. The summed E-state index contributed by atoms with van der Waals surface area (Å²) in [6.45, 7) is 17.1. The molecule has 5 rings (SSSR count). The van der Waals surface area contributed by atoms with Gasteiger partial charge in [-0.15, -0.1) is 0 Å². The van der Waals surface area contributed by atoms with Crippen LogP contribution in [-0.4, -0.2) is 26.2 Å². The molecule has 8 bridgehead atoms. The molecule has 0 amide bonds. The Labute approximate surface area is 218 Å². The van der Waals surface area contributed by atoms with Gasteiger partial charge in [-0.1, -0.05) is 26.5 Å². The SMILES string of the molecule is C=Cc1c(C)c2cc3nc(c(C)c4nc(cc5[nH]c(cc1[nH]2)c(C)c5CC)C(C)=C4)[C@@H](CCC=O)[C@@H]3C. The molecule has 5 heteroatoms. The van der Waals surface area contributed by atoms with E-state index in [0.717, 1.165) is 86.2 Å². The van der Waals surface area contributed by atoms with Gasteiger partial charge in [0.05, 0.1) is 11.4 Å². The van der Waals surface area contributed by atoms with Crippen molar-refractivity contribution >= 4 is 46.1 Å². The van der Waals surface area contributed by atoms with Gasteiger partial charge in [-0.3, -0.25) is 4.98 Å². The predicted octanol–water partition coefficient (Wildman–Crippen LogP) is 7.87. The van der Waals surface area contributed by atoms with E-state index in [1.165, 1.54) is 11.1 Å². The van der Waals surface area contributed by atoms with Gasteiger partial charge in [-0.05, 0) is 92.6 Å². The Morgan fingerprint density at radius 1 is 0.946 bits per heavy atom. The van der Waals surface area contributed by atoms with E-state index >= 15 is 0 Å². The third-order valence-corrected chi connectivity index (χ3v) is 8.27. The molecule has 2 aliphatic heterocycles. The van der Waals surface area contributed by atoms with Crippen LogP contribution in [0.15, 0.2) is 24.8 Å². The minimum atomic E-state index is 0.177. The number of nitrogens with one attached hydrogen (secondary N) is 2. The van der Waals surface area contributed by atoms with Crippen molar-refractivity contribution in [3.05, 3.63) is 75.4 Å². The van der Waals surface area contributed by atoms with Gasteiger partial charge < -0.3 is 14.8 Å². The zero-order valence-electron chi connectivity index (χ0n) is 22.7. The van der Waals surface area contributed by atoms with Crippen LogP contribution in [0.2, 0.25) is 0 Å². The first-order chi connectivity index (χ1) is 17.8. The fourth-order valence-electron chi connectivity index (χ4n) is 5.93. The quantitative estimate of drug-likeness (QED) is 0.356. The van der Waals surface area contributed by atoms with E-state index in [-0.39, 0.29) is 11.8 Å². The molecule has 5 heterocycles. The van der Waals surface area contributed by atoms with Crippen molar-refractivity contribution in [2.24, 2.45) is 0 Å². The van der Waals surface area contributed by atoms with Crippen molar-refractivity contribution in [3.63, 3.8) is 0 Å². The maximum absolute atomic E-state index is 11.3. The van der Waals surface area contributed by atoms with Gasteiger partial charge in [0.15, 0.2) is 0 Å². The van der Waals surface area contributed by atoms with Crippen LogP contribution in [-0.2, 0) is 11.2 Å². The summed E-state index contributed by atoms with van der Waals surface area (Å²) in [6.07, 6.45) is 7.34. The molecule has 0 aromatic carbocycles. The highest BCUT2D eigenvalue weighted by Gasteiger charge is 2.30. The maximum Gasteiger partial charge on any atom is 0.120 e. The van der Waals surface area contributed by atoms with Crippen molar-refractivity contribution in [2.45, 2.75) is 72.6 Å². The van der Waals surface area contributed by atoms with Gasteiger partial charge in [0, 0.05) is 57.3 Å². The van der Waals surface area contributed by atoms with E-state index in [9.17, 15) is 4.79 Å². The number of aromatic amines is 2. The lowest BCUT2D eigenvalue weighted by Gasteiger charge is -2.15. The number of hydrogen-bond donors (Lipinski definition) is 2. The first-order valence-electron chi connectivity index (χ1n) is 13.3. The normalized spacial score (nSPS) is 17.1. The van der Waals surface area contributed by atoms with Crippen LogP contribution >= 0.6 is 0 Å². The number of rotatable bonds is 5. The summed E-state index contributed by atoms with van der Waals surface area (Å²) in [6, 6.07) is 6.55. The molecule has 5 nitrogen and oxygen atoms in total. The highest BCUT2D eigenvalue weighted by Crippen LogP contribution is 2.41. The zero-order chi connectivity index (χ0) is 26.4. The van der Waals surface area contributed by atoms with Gasteiger partial charge in [0.1, 0.15) is 6.29 Å². The Morgan fingerprint density at radius 2 is 1.68 bits per heavy atom. The average molecular weight is 493 g/mol. The second-order valence-corrected chi connectivity index (χ2v) is 10.4. The number of aryl methyl sites for hydroxylation is 3. The minimum Gasteiger partial charge on any atom is -0.355 e. The van der Waals surface area contributed by atoms with Crippen LogP contribution in [0.25, 0.3) is 39.8 Å². The number of allylic oxidation sites excluding steroid dienone is 1. The van der Waals surface area contributed by atoms with Crippen molar-refractivity contribution in [1.82, 2.24) is 19.9 Å². The van der Waals surface area contributed by atoms with E-state index in [0.29, 0.717) is 6.42 Å². The summed E-state index contributed by atoms with van der Waals surface area (Å²) >= 11 is 0. The lowest BCUT2D eigenvalue weighted by atomic mass is 9.86. The van der Waals surface area contributed by atoms with Gasteiger partial charge in [0.25, 0.3) is 0 Å². The predicted molar refractivity (Wildman–Crippen MR) is 155 cm³/mol. The molecule has 3 aromatic heterocycles. The van der Waals surface area contributed by atoms with Gasteiger partial charge in [0.2, 0.25) is 0 Å². The number of aldehydes is 1. The summed E-state index contributed by atoms with van der Waals surface area (Å²) in [5.74, 6) is 0.376. The number of carbonyl (C=O) groups is 1.